The lowest BCUT2D eigenvalue weighted by molar-refractivity contribution is 0.0342. The number of benzene rings is 1. The lowest BCUT2D eigenvalue weighted by Gasteiger charge is -2.27. The Bertz CT molecular complexity index is 556. The average Bonchev–Trinajstić information content (AvgIpc) is 3.47. The lowest BCUT2D eigenvalue weighted by atomic mass is 10.0. The minimum absolute atomic E-state index is 0.650. The summed E-state index contributed by atoms with van der Waals surface area (Å²) >= 11 is 0. The van der Waals surface area contributed by atoms with Crippen molar-refractivity contribution in [3.8, 4) is 5.75 Å². The van der Waals surface area contributed by atoms with Gasteiger partial charge in [0.15, 0.2) is 0 Å². The molecule has 1 aromatic rings. The number of rotatable bonds is 7. The molecule has 0 radical (unpaired) electrons. The minimum atomic E-state index is 0.650. The van der Waals surface area contributed by atoms with Crippen molar-refractivity contribution in [3.05, 3.63) is 28.8 Å². The molecule has 2 unspecified atom stereocenters. The van der Waals surface area contributed by atoms with Gasteiger partial charge in [-0.2, -0.15) is 0 Å². The van der Waals surface area contributed by atoms with E-state index in [1.54, 1.807) is 0 Å². The van der Waals surface area contributed by atoms with Gasteiger partial charge < -0.3 is 9.47 Å². The quantitative estimate of drug-likeness (QED) is 0.718. The summed E-state index contributed by atoms with van der Waals surface area (Å²) in [6, 6.07) is 5.25. The maximum Gasteiger partial charge on any atom is 0.125 e. The summed E-state index contributed by atoms with van der Waals surface area (Å²) in [5.74, 6) is 2.08. The summed E-state index contributed by atoms with van der Waals surface area (Å²) in [4.78, 5) is 5.04. The zero-order valence-electron chi connectivity index (χ0n) is 15.1. The third-order valence-electron chi connectivity index (χ3n) is 5.47. The smallest absolute Gasteiger partial charge is 0.125 e. The van der Waals surface area contributed by atoms with Gasteiger partial charge in [0.25, 0.3) is 0 Å². The summed E-state index contributed by atoms with van der Waals surface area (Å²) in [6.07, 6.45) is 2.87. The normalized spacial score (nSPS) is 27.2. The summed E-state index contributed by atoms with van der Waals surface area (Å²) in [6.45, 7) is 12.5. The molecular formula is C20H30N2O2. The molecule has 0 spiro atoms. The van der Waals surface area contributed by atoms with E-state index < -0.39 is 0 Å². The highest BCUT2D eigenvalue weighted by Gasteiger charge is 2.38. The Morgan fingerprint density at radius 2 is 1.83 bits per heavy atom. The number of hydrogen-bond acceptors (Lipinski definition) is 4. The Morgan fingerprint density at radius 3 is 2.50 bits per heavy atom. The van der Waals surface area contributed by atoms with Crippen LogP contribution in [0.3, 0.4) is 0 Å². The molecule has 4 nitrogen and oxygen atoms in total. The molecule has 2 aliphatic heterocycles. The zero-order chi connectivity index (χ0) is 16.5. The standard InChI is InChI=1S/C20H30N2O2/c1-15-9-18(11-21-5-7-23-8-6-21)10-16(2)20(15)24-14-19-13-22(19)12-17-3-4-17/h9-10,17,19H,3-8,11-14H2,1-2H3. The van der Waals surface area contributed by atoms with Crippen LogP contribution in [0.15, 0.2) is 12.1 Å². The van der Waals surface area contributed by atoms with Gasteiger partial charge in [-0.1, -0.05) is 12.1 Å². The van der Waals surface area contributed by atoms with E-state index in [9.17, 15) is 0 Å². The number of hydrogen-bond donors (Lipinski definition) is 0. The zero-order valence-corrected chi connectivity index (χ0v) is 15.1. The second-order valence-corrected chi connectivity index (χ2v) is 7.81. The van der Waals surface area contributed by atoms with Crippen LogP contribution in [0.25, 0.3) is 0 Å². The SMILES string of the molecule is Cc1cc(CN2CCOCC2)cc(C)c1OCC1CN1CC1CC1. The molecular weight excluding hydrogens is 300 g/mol. The van der Waals surface area contributed by atoms with Crippen molar-refractivity contribution in [2.24, 2.45) is 5.92 Å². The van der Waals surface area contributed by atoms with E-state index in [0.29, 0.717) is 6.04 Å². The Morgan fingerprint density at radius 1 is 1.12 bits per heavy atom. The highest BCUT2D eigenvalue weighted by Crippen LogP contribution is 2.34. The molecule has 1 saturated carbocycles. The van der Waals surface area contributed by atoms with Gasteiger partial charge in [-0.25, -0.2) is 0 Å². The van der Waals surface area contributed by atoms with Crippen molar-refractivity contribution in [3.63, 3.8) is 0 Å². The van der Waals surface area contributed by atoms with Crippen molar-refractivity contribution < 1.29 is 9.47 Å². The number of aryl methyl sites for hydroxylation is 2. The van der Waals surface area contributed by atoms with Crippen molar-refractivity contribution in [1.29, 1.82) is 0 Å². The molecule has 0 aromatic heterocycles. The van der Waals surface area contributed by atoms with Gasteiger partial charge in [-0.3, -0.25) is 9.80 Å². The first-order chi connectivity index (χ1) is 11.7. The highest BCUT2D eigenvalue weighted by atomic mass is 16.5. The summed E-state index contributed by atoms with van der Waals surface area (Å²) in [5.41, 5.74) is 3.93. The predicted octanol–water partition coefficient (Wildman–Crippen LogP) is 2.61. The third-order valence-corrected chi connectivity index (χ3v) is 5.47. The average molecular weight is 330 g/mol. The van der Waals surface area contributed by atoms with Crippen molar-refractivity contribution in [1.82, 2.24) is 9.80 Å². The van der Waals surface area contributed by atoms with Crippen LogP contribution in [0.2, 0.25) is 0 Å². The Labute approximate surface area is 145 Å². The summed E-state index contributed by atoms with van der Waals surface area (Å²) in [5, 5.41) is 0. The van der Waals surface area contributed by atoms with Gasteiger partial charge in [-0.15, -0.1) is 0 Å². The van der Waals surface area contributed by atoms with Crippen LogP contribution in [0.1, 0.15) is 29.5 Å². The lowest BCUT2D eigenvalue weighted by Crippen LogP contribution is -2.35. The van der Waals surface area contributed by atoms with Crippen LogP contribution in [-0.2, 0) is 11.3 Å². The number of morpholine rings is 1. The van der Waals surface area contributed by atoms with E-state index in [1.165, 1.54) is 42.6 Å². The monoisotopic (exact) mass is 330 g/mol. The molecule has 2 atom stereocenters. The molecule has 2 heterocycles. The van der Waals surface area contributed by atoms with E-state index >= 15 is 0 Å². The molecule has 24 heavy (non-hydrogen) atoms. The number of nitrogens with zero attached hydrogens (tertiary/aromatic N) is 2. The summed E-state index contributed by atoms with van der Waals surface area (Å²) in [7, 11) is 0. The maximum absolute atomic E-state index is 6.19. The summed E-state index contributed by atoms with van der Waals surface area (Å²) < 4.78 is 11.6. The van der Waals surface area contributed by atoms with Gasteiger partial charge in [0, 0.05) is 32.7 Å². The molecule has 3 fully saturated rings. The molecule has 0 N–H and O–H groups in total. The van der Waals surface area contributed by atoms with Gasteiger partial charge in [0.1, 0.15) is 12.4 Å². The first-order valence-electron chi connectivity index (χ1n) is 9.46. The van der Waals surface area contributed by atoms with E-state index in [1.807, 2.05) is 0 Å². The Balaban J connectivity index is 1.31. The second kappa shape index (κ2) is 7.03. The molecule has 0 bridgehead atoms. The fourth-order valence-corrected chi connectivity index (χ4v) is 3.79. The molecule has 3 aliphatic rings. The molecule has 4 heteroatoms. The number of ether oxygens (including phenoxy) is 2. The predicted molar refractivity (Wildman–Crippen MR) is 95.6 cm³/mol. The first kappa shape index (κ1) is 16.4. The van der Waals surface area contributed by atoms with Gasteiger partial charge in [0.2, 0.25) is 0 Å². The van der Waals surface area contributed by atoms with E-state index in [0.717, 1.165) is 51.1 Å². The van der Waals surface area contributed by atoms with Gasteiger partial charge in [0.05, 0.1) is 19.3 Å². The Kier molecular flexibility index (Phi) is 4.79. The fourth-order valence-electron chi connectivity index (χ4n) is 3.79. The third kappa shape index (κ3) is 4.11. The molecule has 0 amide bonds. The molecule has 4 rings (SSSR count). The van der Waals surface area contributed by atoms with Crippen molar-refractivity contribution in [2.45, 2.75) is 39.3 Å². The fraction of sp³-hybridized carbons (Fsp3) is 0.700. The van der Waals surface area contributed by atoms with Gasteiger partial charge in [-0.05, 0) is 49.3 Å². The Hall–Kier alpha value is -1.10. The van der Waals surface area contributed by atoms with Crippen LogP contribution in [0, 0.1) is 19.8 Å². The molecule has 2 saturated heterocycles. The molecule has 1 aromatic carbocycles. The van der Waals surface area contributed by atoms with Crippen LogP contribution in [-0.4, -0.2) is 61.8 Å². The topological polar surface area (TPSA) is 24.7 Å². The van der Waals surface area contributed by atoms with E-state index in [4.69, 9.17) is 9.47 Å². The van der Waals surface area contributed by atoms with Gasteiger partial charge >= 0.3 is 0 Å². The van der Waals surface area contributed by atoms with Crippen LogP contribution >= 0.6 is 0 Å². The largest absolute Gasteiger partial charge is 0.491 e. The van der Waals surface area contributed by atoms with Crippen LogP contribution in [0.4, 0.5) is 0 Å². The maximum atomic E-state index is 6.19. The van der Waals surface area contributed by atoms with E-state index in [2.05, 4.69) is 35.8 Å². The first-order valence-corrected chi connectivity index (χ1v) is 9.46. The molecule has 1 aliphatic carbocycles. The second-order valence-electron chi connectivity index (χ2n) is 7.81. The van der Waals surface area contributed by atoms with Crippen molar-refractivity contribution >= 4 is 0 Å². The molecule has 132 valence electrons. The van der Waals surface area contributed by atoms with E-state index in [-0.39, 0.29) is 0 Å². The minimum Gasteiger partial charge on any atom is -0.491 e. The highest BCUT2D eigenvalue weighted by molar-refractivity contribution is 5.43. The van der Waals surface area contributed by atoms with Crippen LogP contribution in [0.5, 0.6) is 5.75 Å². The van der Waals surface area contributed by atoms with Crippen molar-refractivity contribution in [2.75, 3.05) is 46.0 Å². The van der Waals surface area contributed by atoms with Crippen LogP contribution < -0.4 is 4.74 Å².